The number of piperidine rings is 1. The molecule has 3 aliphatic rings. The summed E-state index contributed by atoms with van der Waals surface area (Å²) < 4.78 is 0. The molecule has 0 spiro atoms. The second kappa shape index (κ2) is 5.82. The summed E-state index contributed by atoms with van der Waals surface area (Å²) in [4.78, 5) is 27.9. The Kier molecular flexibility index (Phi) is 4.08. The van der Waals surface area contributed by atoms with Gasteiger partial charge in [-0.1, -0.05) is 0 Å². The molecule has 1 atom stereocenters. The van der Waals surface area contributed by atoms with Crippen LogP contribution in [0.3, 0.4) is 0 Å². The zero-order valence-corrected chi connectivity index (χ0v) is 12.3. The number of carbonyl (C=O) groups excluding carboxylic acids is 2. The zero-order valence-electron chi connectivity index (χ0n) is 12.3. The van der Waals surface area contributed by atoms with E-state index >= 15 is 0 Å². The van der Waals surface area contributed by atoms with Gasteiger partial charge >= 0.3 is 0 Å². The molecular weight excluding hydrogens is 254 g/mol. The van der Waals surface area contributed by atoms with Crippen molar-refractivity contribution in [3.63, 3.8) is 0 Å². The lowest BCUT2D eigenvalue weighted by atomic mass is 9.94. The number of nitrogens with zero attached hydrogens (tertiary/aromatic N) is 2. The van der Waals surface area contributed by atoms with Crippen molar-refractivity contribution >= 4 is 11.8 Å². The monoisotopic (exact) mass is 279 g/mol. The molecule has 0 bridgehead atoms. The Labute approximate surface area is 120 Å². The Hall–Kier alpha value is -0.940. The van der Waals surface area contributed by atoms with Crippen molar-refractivity contribution in [3.8, 4) is 0 Å². The van der Waals surface area contributed by atoms with Crippen molar-refractivity contribution in [2.75, 3.05) is 26.7 Å². The van der Waals surface area contributed by atoms with E-state index in [1.807, 2.05) is 0 Å². The first kappa shape index (κ1) is 14.0. The van der Waals surface area contributed by atoms with E-state index in [2.05, 4.69) is 17.3 Å². The minimum absolute atomic E-state index is 0.0147. The van der Waals surface area contributed by atoms with Crippen LogP contribution in [0.1, 0.15) is 38.5 Å². The topological polar surface area (TPSA) is 52.7 Å². The molecule has 1 N–H and O–H groups in total. The van der Waals surface area contributed by atoms with Crippen molar-refractivity contribution < 1.29 is 9.59 Å². The maximum absolute atomic E-state index is 12.2. The van der Waals surface area contributed by atoms with Gasteiger partial charge in [0.05, 0.1) is 12.5 Å². The largest absolute Gasteiger partial charge is 0.306 e. The quantitative estimate of drug-likeness (QED) is 0.749. The van der Waals surface area contributed by atoms with Gasteiger partial charge < -0.3 is 10.2 Å². The van der Waals surface area contributed by atoms with Gasteiger partial charge in [-0.3, -0.25) is 14.5 Å². The average Bonchev–Trinajstić information content (AvgIpc) is 3.20. The molecule has 0 aromatic rings. The van der Waals surface area contributed by atoms with Crippen LogP contribution in [0, 0.1) is 5.92 Å². The molecule has 1 aliphatic carbocycles. The van der Waals surface area contributed by atoms with Crippen LogP contribution < -0.4 is 5.32 Å². The van der Waals surface area contributed by atoms with Crippen molar-refractivity contribution in [2.24, 2.45) is 5.92 Å². The molecule has 20 heavy (non-hydrogen) atoms. The molecule has 2 heterocycles. The Morgan fingerprint density at radius 2 is 1.85 bits per heavy atom. The van der Waals surface area contributed by atoms with Crippen molar-refractivity contribution in [1.82, 2.24) is 15.1 Å². The summed E-state index contributed by atoms with van der Waals surface area (Å²) in [5, 5.41) is 3.31. The maximum atomic E-state index is 12.2. The van der Waals surface area contributed by atoms with E-state index in [0.717, 1.165) is 31.7 Å². The highest BCUT2D eigenvalue weighted by atomic mass is 16.2. The average molecular weight is 279 g/mol. The Morgan fingerprint density at radius 3 is 2.50 bits per heavy atom. The van der Waals surface area contributed by atoms with Gasteiger partial charge in [-0.2, -0.15) is 0 Å². The summed E-state index contributed by atoms with van der Waals surface area (Å²) >= 11 is 0. The summed E-state index contributed by atoms with van der Waals surface area (Å²) in [5.74, 6) is 0.806. The third-order valence-corrected chi connectivity index (χ3v) is 4.88. The Bertz CT molecular complexity index is 387. The second-order valence-corrected chi connectivity index (χ2v) is 6.58. The van der Waals surface area contributed by atoms with Crippen LogP contribution in [-0.4, -0.2) is 60.4 Å². The molecule has 0 aromatic carbocycles. The highest BCUT2D eigenvalue weighted by molar-refractivity contribution is 6.06. The second-order valence-electron chi connectivity index (χ2n) is 6.58. The normalized spacial score (nSPS) is 29.4. The number of hydrogen-bond donors (Lipinski definition) is 1. The fourth-order valence-corrected chi connectivity index (χ4v) is 3.34. The highest BCUT2D eigenvalue weighted by Crippen LogP contribution is 2.31. The molecule has 2 saturated heterocycles. The number of carbonyl (C=O) groups is 2. The van der Waals surface area contributed by atoms with Gasteiger partial charge in [-0.15, -0.1) is 0 Å². The molecular formula is C15H25N3O2. The number of amides is 2. The maximum Gasteiger partial charge on any atom is 0.247 e. The van der Waals surface area contributed by atoms with Crippen molar-refractivity contribution in [2.45, 2.75) is 50.6 Å². The molecule has 0 aromatic heterocycles. The minimum Gasteiger partial charge on any atom is -0.306 e. The Balaban J connectivity index is 1.40. The van der Waals surface area contributed by atoms with Crippen LogP contribution in [0.25, 0.3) is 0 Å². The molecule has 5 nitrogen and oxygen atoms in total. The van der Waals surface area contributed by atoms with E-state index in [1.165, 1.54) is 30.8 Å². The number of imide groups is 1. The van der Waals surface area contributed by atoms with Gasteiger partial charge in [0.1, 0.15) is 0 Å². The fourth-order valence-electron chi connectivity index (χ4n) is 3.34. The van der Waals surface area contributed by atoms with Crippen LogP contribution in [-0.2, 0) is 9.59 Å². The summed E-state index contributed by atoms with van der Waals surface area (Å²) in [6.07, 6.45) is 5.99. The number of likely N-dealkylation sites (tertiary alicyclic amines) is 2. The number of hydrogen-bond acceptors (Lipinski definition) is 4. The predicted octanol–water partition coefficient (Wildman–Crippen LogP) is 0.598. The van der Waals surface area contributed by atoms with Gasteiger partial charge in [-0.05, 0) is 64.7 Å². The first-order valence-electron chi connectivity index (χ1n) is 7.93. The molecule has 3 fully saturated rings. The van der Waals surface area contributed by atoms with E-state index in [0.29, 0.717) is 6.42 Å². The minimum atomic E-state index is -0.255. The number of nitrogens with one attached hydrogen (secondary N) is 1. The fraction of sp³-hybridized carbons (Fsp3) is 0.867. The first-order valence-corrected chi connectivity index (χ1v) is 7.93. The van der Waals surface area contributed by atoms with Gasteiger partial charge in [0.25, 0.3) is 0 Å². The van der Waals surface area contributed by atoms with E-state index < -0.39 is 0 Å². The van der Waals surface area contributed by atoms with Gasteiger partial charge in [0.2, 0.25) is 11.8 Å². The van der Waals surface area contributed by atoms with Crippen LogP contribution >= 0.6 is 0 Å². The highest BCUT2D eigenvalue weighted by Gasteiger charge is 2.45. The lowest BCUT2D eigenvalue weighted by molar-refractivity contribution is -0.139. The van der Waals surface area contributed by atoms with Crippen molar-refractivity contribution in [3.05, 3.63) is 0 Å². The standard InChI is InChI=1S/C15H25N3O2/c1-17-8-5-11(6-9-17)4-7-16-13-10-14(19)18(15(13)20)12-2-3-12/h11-13,16H,2-10H2,1H3. The van der Waals surface area contributed by atoms with E-state index in [1.54, 1.807) is 0 Å². The SMILES string of the molecule is CN1CCC(CCNC2CC(=O)N(C3CC3)C2=O)CC1. The van der Waals surface area contributed by atoms with Crippen LogP contribution in [0.5, 0.6) is 0 Å². The van der Waals surface area contributed by atoms with Crippen LogP contribution in [0.2, 0.25) is 0 Å². The van der Waals surface area contributed by atoms with E-state index in [9.17, 15) is 9.59 Å². The molecule has 2 aliphatic heterocycles. The van der Waals surface area contributed by atoms with Gasteiger partial charge in [0, 0.05) is 6.04 Å². The smallest absolute Gasteiger partial charge is 0.247 e. The first-order chi connectivity index (χ1) is 9.65. The zero-order chi connectivity index (χ0) is 14.1. The third-order valence-electron chi connectivity index (χ3n) is 4.88. The van der Waals surface area contributed by atoms with Crippen LogP contribution in [0.4, 0.5) is 0 Å². The molecule has 2 amide bonds. The van der Waals surface area contributed by atoms with Crippen LogP contribution in [0.15, 0.2) is 0 Å². The number of rotatable bonds is 5. The van der Waals surface area contributed by atoms with Gasteiger partial charge in [-0.25, -0.2) is 0 Å². The predicted molar refractivity (Wildman–Crippen MR) is 76.1 cm³/mol. The molecule has 0 radical (unpaired) electrons. The summed E-state index contributed by atoms with van der Waals surface area (Å²) in [6, 6.07) is -0.0370. The molecule has 1 saturated carbocycles. The molecule has 5 heteroatoms. The molecule has 1 unspecified atom stereocenters. The molecule has 3 rings (SSSR count). The molecule has 112 valence electrons. The lowest BCUT2D eigenvalue weighted by Crippen LogP contribution is -2.40. The summed E-state index contributed by atoms with van der Waals surface area (Å²) in [6.45, 7) is 3.22. The summed E-state index contributed by atoms with van der Waals surface area (Å²) in [5.41, 5.74) is 0. The Morgan fingerprint density at radius 1 is 1.15 bits per heavy atom. The van der Waals surface area contributed by atoms with Crippen molar-refractivity contribution in [1.29, 1.82) is 0 Å². The van der Waals surface area contributed by atoms with E-state index in [4.69, 9.17) is 0 Å². The lowest BCUT2D eigenvalue weighted by Gasteiger charge is -2.29. The third kappa shape index (κ3) is 3.04. The van der Waals surface area contributed by atoms with Gasteiger partial charge in [0.15, 0.2) is 0 Å². The summed E-state index contributed by atoms with van der Waals surface area (Å²) in [7, 11) is 2.17. The van der Waals surface area contributed by atoms with E-state index in [-0.39, 0.29) is 23.9 Å².